The lowest BCUT2D eigenvalue weighted by Crippen LogP contribution is -2.38. The van der Waals surface area contributed by atoms with Gasteiger partial charge < -0.3 is 9.88 Å². The first-order chi connectivity index (χ1) is 7.51. The van der Waals surface area contributed by atoms with Crippen LogP contribution in [0.1, 0.15) is 0 Å². The maximum Gasteiger partial charge on any atom is 0.330 e. The topological polar surface area (TPSA) is 68.4 Å². The zero-order valence-electron chi connectivity index (χ0n) is 9.64. The third-order valence-corrected chi connectivity index (χ3v) is 2.76. The van der Waals surface area contributed by atoms with E-state index in [1.807, 2.05) is 6.26 Å². The summed E-state index contributed by atoms with van der Waals surface area (Å²) in [4.78, 5) is 27.1. The van der Waals surface area contributed by atoms with E-state index in [4.69, 9.17) is 0 Å². The summed E-state index contributed by atoms with van der Waals surface area (Å²) >= 11 is 1.39. The van der Waals surface area contributed by atoms with Crippen LogP contribution in [0.3, 0.4) is 0 Å². The molecule has 0 saturated carbocycles. The van der Waals surface area contributed by atoms with Gasteiger partial charge >= 0.3 is 5.69 Å². The maximum absolute atomic E-state index is 11.7. The van der Waals surface area contributed by atoms with Gasteiger partial charge in [-0.05, 0) is 6.26 Å². The molecule has 1 aromatic rings. The lowest BCUT2D eigenvalue weighted by molar-refractivity contribution is 0.689. The Morgan fingerprint density at radius 2 is 2.06 bits per heavy atom. The SMILES string of the molecule is CN=C(Nc1cn(C)c(=O)n(C)c1=O)SC. The summed E-state index contributed by atoms with van der Waals surface area (Å²) in [6.45, 7) is 0. The summed E-state index contributed by atoms with van der Waals surface area (Å²) in [7, 11) is 4.66. The Bertz CT molecular complexity index is 529. The molecule has 0 aliphatic heterocycles. The molecule has 6 nitrogen and oxygen atoms in total. The van der Waals surface area contributed by atoms with E-state index in [1.165, 1.54) is 29.6 Å². The van der Waals surface area contributed by atoms with Gasteiger partial charge in [0.25, 0.3) is 5.56 Å². The van der Waals surface area contributed by atoms with Crippen LogP contribution in [0.5, 0.6) is 0 Å². The average molecular weight is 242 g/mol. The van der Waals surface area contributed by atoms with Crippen LogP contribution < -0.4 is 16.6 Å². The van der Waals surface area contributed by atoms with Crippen LogP contribution in [0.2, 0.25) is 0 Å². The molecule has 1 rings (SSSR count). The van der Waals surface area contributed by atoms with Crippen molar-refractivity contribution in [3.8, 4) is 0 Å². The second-order valence-corrected chi connectivity index (χ2v) is 3.95. The Kier molecular flexibility index (Phi) is 3.94. The molecule has 1 heterocycles. The van der Waals surface area contributed by atoms with Crippen molar-refractivity contribution >= 4 is 22.6 Å². The molecule has 16 heavy (non-hydrogen) atoms. The van der Waals surface area contributed by atoms with Crippen molar-refractivity contribution in [2.45, 2.75) is 0 Å². The monoisotopic (exact) mass is 242 g/mol. The third-order valence-electron chi connectivity index (χ3n) is 2.08. The molecular weight excluding hydrogens is 228 g/mol. The predicted molar refractivity (Wildman–Crippen MR) is 67.4 cm³/mol. The molecule has 0 aliphatic rings. The van der Waals surface area contributed by atoms with E-state index in [2.05, 4.69) is 10.3 Å². The summed E-state index contributed by atoms with van der Waals surface area (Å²) in [5.41, 5.74) is -0.382. The number of aliphatic imine (C=N–C) groups is 1. The number of aryl methyl sites for hydroxylation is 1. The first-order valence-electron chi connectivity index (χ1n) is 4.55. The number of aromatic nitrogens is 2. The Labute approximate surface area is 97.0 Å². The van der Waals surface area contributed by atoms with Crippen LogP contribution in [0.25, 0.3) is 0 Å². The summed E-state index contributed by atoms with van der Waals surface area (Å²) in [6, 6.07) is 0. The second-order valence-electron chi connectivity index (χ2n) is 3.16. The molecule has 0 unspecified atom stereocenters. The minimum atomic E-state index is -0.363. The summed E-state index contributed by atoms with van der Waals surface area (Å²) in [5.74, 6) is 0. The molecule has 0 atom stereocenters. The Morgan fingerprint density at radius 1 is 1.44 bits per heavy atom. The maximum atomic E-state index is 11.7. The summed E-state index contributed by atoms with van der Waals surface area (Å²) in [5, 5.41) is 3.50. The van der Waals surface area contributed by atoms with Gasteiger partial charge in [-0.3, -0.25) is 14.4 Å². The highest BCUT2D eigenvalue weighted by molar-refractivity contribution is 8.13. The average Bonchev–Trinajstić information content (AvgIpc) is 2.29. The number of rotatable bonds is 1. The van der Waals surface area contributed by atoms with E-state index in [0.29, 0.717) is 10.9 Å². The highest BCUT2D eigenvalue weighted by Gasteiger charge is 2.07. The number of anilines is 1. The molecular formula is C9H14N4O2S. The predicted octanol–water partition coefficient (Wildman–Crippen LogP) is -0.155. The van der Waals surface area contributed by atoms with Crippen LogP contribution in [-0.4, -0.2) is 27.6 Å². The van der Waals surface area contributed by atoms with E-state index < -0.39 is 0 Å². The zero-order chi connectivity index (χ0) is 12.3. The summed E-state index contributed by atoms with van der Waals surface area (Å²) < 4.78 is 2.40. The van der Waals surface area contributed by atoms with Gasteiger partial charge in [0.1, 0.15) is 5.69 Å². The molecule has 0 bridgehead atoms. The van der Waals surface area contributed by atoms with Gasteiger partial charge in [0.05, 0.1) is 0 Å². The van der Waals surface area contributed by atoms with Crippen LogP contribution >= 0.6 is 11.8 Å². The van der Waals surface area contributed by atoms with Gasteiger partial charge in [-0.2, -0.15) is 0 Å². The Balaban J connectivity index is 3.27. The van der Waals surface area contributed by atoms with E-state index in [-0.39, 0.29) is 11.2 Å². The van der Waals surface area contributed by atoms with Gasteiger partial charge in [-0.15, -0.1) is 0 Å². The van der Waals surface area contributed by atoms with Gasteiger partial charge in [0.15, 0.2) is 5.17 Å². The molecule has 0 aromatic carbocycles. The molecule has 0 amide bonds. The van der Waals surface area contributed by atoms with Crippen LogP contribution in [0.15, 0.2) is 20.8 Å². The first kappa shape index (κ1) is 12.6. The van der Waals surface area contributed by atoms with Gasteiger partial charge in [-0.25, -0.2) is 4.79 Å². The van der Waals surface area contributed by atoms with Gasteiger partial charge in [0, 0.05) is 27.3 Å². The lowest BCUT2D eigenvalue weighted by atomic mass is 10.5. The fourth-order valence-corrected chi connectivity index (χ4v) is 1.60. The number of amidine groups is 1. The normalized spacial score (nSPS) is 11.6. The minimum Gasteiger partial charge on any atom is -0.329 e. The fourth-order valence-electron chi connectivity index (χ4n) is 1.21. The minimum absolute atomic E-state index is 0.333. The molecule has 0 spiro atoms. The standard InChI is InChI=1S/C9H14N4O2S/c1-10-8(16-4)11-6-5-12(2)9(15)13(3)7(6)14/h5H,1-4H3,(H,10,11). The first-order valence-corrected chi connectivity index (χ1v) is 5.78. The van der Waals surface area contributed by atoms with Gasteiger partial charge in [0.2, 0.25) is 0 Å². The van der Waals surface area contributed by atoms with Crippen molar-refractivity contribution in [2.75, 3.05) is 18.6 Å². The van der Waals surface area contributed by atoms with E-state index in [1.54, 1.807) is 14.1 Å². The largest absolute Gasteiger partial charge is 0.330 e. The Morgan fingerprint density at radius 3 is 2.56 bits per heavy atom. The summed E-state index contributed by atoms with van der Waals surface area (Å²) in [6.07, 6.45) is 3.31. The molecule has 0 fully saturated rings. The van der Waals surface area contributed by atoms with Crippen molar-refractivity contribution < 1.29 is 0 Å². The molecule has 0 radical (unpaired) electrons. The second kappa shape index (κ2) is 5.02. The highest BCUT2D eigenvalue weighted by Crippen LogP contribution is 2.02. The quantitative estimate of drug-likeness (QED) is 0.549. The van der Waals surface area contributed by atoms with E-state index in [0.717, 1.165) is 4.57 Å². The molecule has 7 heteroatoms. The molecule has 0 saturated heterocycles. The molecule has 88 valence electrons. The number of nitrogens with one attached hydrogen (secondary N) is 1. The number of thioether (sulfide) groups is 1. The molecule has 1 aromatic heterocycles. The van der Waals surface area contributed by atoms with E-state index in [9.17, 15) is 9.59 Å². The number of nitrogens with zero attached hydrogens (tertiary/aromatic N) is 3. The fraction of sp³-hybridized carbons (Fsp3) is 0.444. The van der Waals surface area contributed by atoms with Gasteiger partial charge in [-0.1, -0.05) is 11.8 Å². The highest BCUT2D eigenvalue weighted by atomic mass is 32.2. The number of hydrogen-bond donors (Lipinski definition) is 1. The van der Waals surface area contributed by atoms with Crippen molar-refractivity contribution in [3.05, 3.63) is 27.0 Å². The van der Waals surface area contributed by atoms with Crippen molar-refractivity contribution in [1.82, 2.24) is 9.13 Å². The van der Waals surface area contributed by atoms with Crippen molar-refractivity contribution in [3.63, 3.8) is 0 Å². The van der Waals surface area contributed by atoms with Crippen LogP contribution in [0, 0.1) is 0 Å². The van der Waals surface area contributed by atoms with Crippen LogP contribution in [-0.2, 0) is 14.1 Å². The lowest BCUT2D eigenvalue weighted by Gasteiger charge is -2.09. The van der Waals surface area contributed by atoms with Crippen molar-refractivity contribution in [1.29, 1.82) is 0 Å². The third kappa shape index (κ3) is 2.35. The smallest absolute Gasteiger partial charge is 0.329 e. The Hall–Kier alpha value is -1.50. The number of hydrogen-bond acceptors (Lipinski definition) is 4. The molecule has 1 N–H and O–H groups in total. The zero-order valence-corrected chi connectivity index (χ0v) is 10.5. The van der Waals surface area contributed by atoms with Crippen molar-refractivity contribution in [2.24, 2.45) is 19.1 Å². The van der Waals surface area contributed by atoms with E-state index >= 15 is 0 Å². The van der Waals surface area contributed by atoms with Crippen LogP contribution in [0.4, 0.5) is 5.69 Å². The molecule has 0 aliphatic carbocycles.